The summed E-state index contributed by atoms with van der Waals surface area (Å²) in [4.78, 5) is 16.6. The van der Waals surface area contributed by atoms with Crippen LogP contribution < -0.4 is 11.0 Å². The van der Waals surface area contributed by atoms with Crippen molar-refractivity contribution in [3.63, 3.8) is 0 Å². The molecule has 5 heteroatoms. The molecule has 3 aromatic rings. The maximum atomic E-state index is 12.5. The molecule has 110 valence electrons. The summed E-state index contributed by atoms with van der Waals surface area (Å²) in [6.07, 6.45) is 1.74. The standard InChI is InChI=1S/C17H14ClN3O/c1-3-11-5-4-6-13(9-11)21-15-10-12(18)7-8-14(15)16(19-2)20-17(21)22/h3-10H,1H2,2H3,(H,19,20,22). The third-order valence-corrected chi connectivity index (χ3v) is 3.69. The molecule has 0 amide bonds. The van der Waals surface area contributed by atoms with Crippen LogP contribution in [0.25, 0.3) is 22.7 Å². The number of anilines is 1. The van der Waals surface area contributed by atoms with Crippen LogP contribution in [0.5, 0.6) is 0 Å². The highest BCUT2D eigenvalue weighted by molar-refractivity contribution is 6.31. The molecule has 4 nitrogen and oxygen atoms in total. The van der Waals surface area contributed by atoms with E-state index in [4.69, 9.17) is 11.6 Å². The first-order chi connectivity index (χ1) is 10.6. The third kappa shape index (κ3) is 2.38. The van der Waals surface area contributed by atoms with Crippen LogP contribution in [-0.2, 0) is 0 Å². The normalized spacial score (nSPS) is 10.6. The Morgan fingerprint density at radius 1 is 1.27 bits per heavy atom. The van der Waals surface area contributed by atoms with Gasteiger partial charge >= 0.3 is 5.69 Å². The van der Waals surface area contributed by atoms with Crippen molar-refractivity contribution >= 4 is 34.4 Å². The van der Waals surface area contributed by atoms with Crippen LogP contribution >= 0.6 is 11.6 Å². The quantitative estimate of drug-likeness (QED) is 0.802. The van der Waals surface area contributed by atoms with E-state index in [1.807, 2.05) is 30.3 Å². The molecule has 0 aliphatic carbocycles. The van der Waals surface area contributed by atoms with E-state index >= 15 is 0 Å². The van der Waals surface area contributed by atoms with Gasteiger partial charge in [0.2, 0.25) is 0 Å². The molecule has 2 aromatic carbocycles. The van der Waals surface area contributed by atoms with Gasteiger partial charge < -0.3 is 5.32 Å². The van der Waals surface area contributed by atoms with Crippen molar-refractivity contribution in [3.05, 3.63) is 70.1 Å². The second-order valence-electron chi connectivity index (χ2n) is 4.79. The summed E-state index contributed by atoms with van der Waals surface area (Å²) in [5.41, 5.74) is 2.00. The van der Waals surface area contributed by atoms with Crippen molar-refractivity contribution in [2.24, 2.45) is 0 Å². The Labute approximate surface area is 132 Å². The highest BCUT2D eigenvalue weighted by atomic mass is 35.5. The minimum absolute atomic E-state index is 0.361. The monoisotopic (exact) mass is 311 g/mol. The lowest BCUT2D eigenvalue weighted by atomic mass is 10.1. The Bertz CT molecular complexity index is 931. The molecule has 0 bridgehead atoms. The van der Waals surface area contributed by atoms with Gasteiger partial charge in [-0.1, -0.05) is 36.4 Å². The number of fused-ring (bicyclic) bond motifs is 1. The summed E-state index contributed by atoms with van der Waals surface area (Å²) in [5.74, 6) is 0.535. The van der Waals surface area contributed by atoms with E-state index in [1.165, 1.54) is 0 Å². The SMILES string of the molecule is C=Cc1cccc(-n2c(=O)nc(NC)c3ccc(Cl)cc32)c1. The predicted octanol–water partition coefficient (Wildman–Crippen LogP) is 3.72. The number of benzene rings is 2. The zero-order valence-corrected chi connectivity index (χ0v) is 12.8. The van der Waals surface area contributed by atoms with Gasteiger partial charge in [-0.25, -0.2) is 4.79 Å². The molecule has 1 heterocycles. The van der Waals surface area contributed by atoms with Gasteiger partial charge in [0.05, 0.1) is 11.2 Å². The maximum Gasteiger partial charge on any atom is 0.354 e. The maximum absolute atomic E-state index is 12.5. The first-order valence-electron chi connectivity index (χ1n) is 6.77. The van der Waals surface area contributed by atoms with E-state index in [2.05, 4.69) is 16.9 Å². The fourth-order valence-corrected chi connectivity index (χ4v) is 2.60. The Balaban J connectivity index is 2.42. The van der Waals surface area contributed by atoms with Crippen LogP contribution in [0.4, 0.5) is 5.82 Å². The van der Waals surface area contributed by atoms with E-state index in [0.29, 0.717) is 16.4 Å². The van der Waals surface area contributed by atoms with Crippen LogP contribution in [-0.4, -0.2) is 16.6 Å². The summed E-state index contributed by atoms with van der Waals surface area (Å²) in [5, 5.41) is 4.34. The van der Waals surface area contributed by atoms with Crippen molar-refractivity contribution in [1.29, 1.82) is 0 Å². The van der Waals surface area contributed by atoms with E-state index in [0.717, 1.165) is 16.6 Å². The smallest absolute Gasteiger partial charge is 0.354 e. The fraction of sp³-hybridized carbons (Fsp3) is 0.0588. The van der Waals surface area contributed by atoms with Gasteiger partial charge in [-0.05, 0) is 35.9 Å². The molecule has 0 atom stereocenters. The van der Waals surface area contributed by atoms with Gasteiger partial charge in [0.1, 0.15) is 5.82 Å². The molecule has 0 saturated carbocycles. The molecule has 0 aliphatic rings. The van der Waals surface area contributed by atoms with E-state index < -0.39 is 0 Å². The number of hydrogen-bond acceptors (Lipinski definition) is 3. The summed E-state index contributed by atoms with van der Waals surface area (Å²) >= 11 is 6.11. The first-order valence-corrected chi connectivity index (χ1v) is 7.15. The lowest BCUT2D eigenvalue weighted by Crippen LogP contribution is -2.23. The molecule has 0 radical (unpaired) electrons. The summed E-state index contributed by atoms with van der Waals surface area (Å²) in [7, 11) is 1.73. The number of rotatable bonds is 3. The largest absolute Gasteiger partial charge is 0.372 e. The van der Waals surface area contributed by atoms with Gasteiger partial charge in [0.15, 0.2) is 0 Å². The fourth-order valence-electron chi connectivity index (χ4n) is 2.43. The zero-order valence-electron chi connectivity index (χ0n) is 12.0. The van der Waals surface area contributed by atoms with Gasteiger partial charge in [-0.15, -0.1) is 0 Å². The highest BCUT2D eigenvalue weighted by Crippen LogP contribution is 2.25. The third-order valence-electron chi connectivity index (χ3n) is 3.46. The minimum Gasteiger partial charge on any atom is -0.372 e. The van der Waals surface area contributed by atoms with Crippen molar-refractivity contribution < 1.29 is 0 Å². The number of halogens is 1. The highest BCUT2D eigenvalue weighted by Gasteiger charge is 2.11. The van der Waals surface area contributed by atoms with Crippen LogP contribution in [0.1, 0.15) is 5.56 Å². The molecule has 0 unspecified atom stereocenters. The molecule has 22 heavy (non-hydrogen) atoms. The number of nitrogens with zero attached hydrogens (tertiary/aromatic N) is 2. The summed E-state index contributed by atoms with van der Waals surface area (Å²) < 4.78 is 1.55. The van der Waals surface area contributed by atoms with Crippen molar-refractivity contribution in [2.45, 2.75) is 0 Å². The lowest BCUT2D eigenvalue weighted by molar-refractivity contribution is 0.961. The topological polar surface area (TPSA) is 46.9 Å². The Morgan fingerprint density at radius 3 is 2.82 bits per heavy atom. The Morgan fingerprint density at radius 2 is 2.09 bits per heavy atom. The van der Waals surface area contributed by atoms with Crippen molar-refractivity contribution in [2.75, 3.05) is 12.4 Å². The van der Waals surface area contributed by atoms with Gasteiger partial charge in [0.25, 0.3) is 0 Å². The molecule has 1 aromatic heterocycles. The molecule has 0 fully saturated rings. The lowest BCUT2D eigenvalue weighted by Gasteiger charge is -2.13. The van der Waals surface area contributed by atoms with Crippen molar-refractivity contribution in [3.8, 4) is 5.69 Å². The Kier molecular flexibility index (Phi) is 3.69. The van der Waals surface area contributed by atoms with Crippen molar-refractivity contribution in [1.82, 2.24) is 9.55 Å². The first kappa shape index (κ1) is 14.4. The number of hydrogen-bond donors (Lipinski definition) is 1. The molecule has 0 spiro atoms. The van der Waals surface area contributed by atoms with Gasteiger partial charge in [0, 0.05) is 17.5 Å². The average Bonchev–Trinajstić information content (AvgIpc) is 2.53. The Hall–Kier alpha value is -2.59. The van der Waals surface area contributed by atoms with Crippen LogP contribution in [0.3, 0.4) is 0 Å². The van der Waals surface area contributed by atoms with Crippen LogP contribution in [0.15, 0.2) is 53.8 Å². The molecule has 3 rings (SSSR count). The molecule has 1 N–H and O–H groups in total. The van der Waals surface area contributed by atoms with E-state index in [-0.39, 0.29) is 5.69 Å². The molecule has 0 saturated heterocycles. The zero-order chi connectivity index (χ0) is 15.7. The number of aromatic nitrogens is 2. The van der Waals surface area contributed by atoms with Gasteiger partial charge in [-0.2, -0.15) is 4.98 Å². The molecular weight excluding hydrogens is 298 g/mol. The van der Waals surface area contributed by atoms with E-state index in [9.17, 15) is 4.79 Å². The molecule has 0 aliphatic heterocycles. The van der Waals surface area contributed by atoms with Crippen LogP contribution in [0, 0.1) is 0 Å². The molecular formula is C17H14ClN3O. The summed E-state index contributed by atoms with van der Waals surface area (Å²) in [6, 6.07) is 12.9. The minimum atomic E-state index is -0.361. The van der Waals surface area contributed by atoms with Crippen LogP contribution in [0.2, 0.25) is 5.02 Å². The summed E-state index contributed by atoms with van der Waals surface area (Å²) in [6.45, 7) is 3.76. The average molecular weight is 312 g/mol. The van der Waals surface area contributed by atoms with Gasteiger partial charge in [-0.3, -0.25) is 4.57 Å². The second kappa shape index (κ2) is 5.66. The predicted molar refractivity (Wildman–Crippen MR) is 92.0 cm³/mol. The number of nitrogens with one attached hydrogen (secondary N) is 1. The van der Waals surface area contributed by atoms with E-state index in [1.54, 1.807) is 29.8 Å². The second-order valence-corrected chi connectivity index (χ2v) is 5.23.